The van der Waals surface area contributed by atoms with Gasteiger partial charge in [-0.25, -0.2) is 13.1 Å². The highest BCUT2D eigenvalue weighted by molar-refractivity contribution is 7.93. The number of sulfonamides is 1. The van der Waals surface area contributed by atoms with Crippen LogP contribution in [0.15, 0.2) is 29.2 Å². The molecular formula is C18H25NO2S. The van der Waals surface area contributed by atoms with Crippen molar-refractivity contribution in [2.75, 3.05) is 0 Å². The van der Waals surface area contributed by atoms with Crippen LogP contribution in [0.5, 0.6) is 0 Å². The summed E-state index contributed by atoms with van der Waals surface area (Å²) in [6, 6.07) is 8.17. The van der Waals surface area contributed by atoms with Crippen LogP contribution in [-0.2, 0) is 16.4 Å². The maximum absolute atomic E-state index is 12.7. The number of fused-ring (bicyclic) bond motifs is 1. The minimum absolute atomic E-state index is 0.113. The summed E-state index contributed by atoms with van der Waals surface area (Å²) in [5.41, 5.74) is 2.29. The first-order valence-electron chi connectivity index (χ1n) is 8.41. The number of allylic oxidation sites excluding steroid dienone is 1. The van der Waals surface area contributed by atoms with Crippen LogP contribution in [0, 0.1) is 5.92 Å². The van der Waals surface area contributed by atoms with E-state index in [1.165, 1.54) is 12.0 Å². The van der Waals surface area contributed by atoms with Gasteiger partial charge in [-0.2, -0.15) is 0 Å². The van der Waals surface area contributed by atoms with E-state index in [9.17, 15) is 8.42 Å². The first-order chi connectivity index (χ1) is 10.6. The Balaban J connectivity index is 1.80. The second-order valence-electron chi connectivity index (χ2n) is 6.49. The summed E-state index contributed by atoms with van der Waals surface area (Å²) in [4.78, 5) is 0.548. The van der Waals surface area contributed by atoms with Crippen LogP contribution >= 0.6 is 0 Å². The molecule has 0 unspecified atom stereocenters. The predicted octanol–water partition coefficient (Wildman–Crippen LogP) is 3.86. The monoisotopic (exact) mass is 319 g/mol. The summed E-state index contributed by atoms with van der Waals surface area (Å²) in [5.74, 6) is 0.486. The Morgan fingerprint density at radius 3 is 2.73 bits per heavy atom. The van der Waals surface area contributed by atoms with Gasteiger partial charge in [-0.1, -0.05) is 50.5 Å². The van der Waals surface area contributed by atoms with E-state index in [0.717, 1.165) is 37.7 Å². The molecule has 1 aromatic carbocycles. The molecule has 2 aliphatic rings. The molecule has 0 amide bonds. The van der Waals surface area contributed by atoms with Crippen LogP contribution < -0.4 is 4.72 Å². The summed E-state index contributed by atoms with van der Waals surface area (Å²) in [6.07, 6.45) is 8.80. The zero-order valence-corrected chi connectivity index (χ0v) is 14.0. The normalized spacial score (nSPS) is 25.4. The highest BCUT2D eigenvalue weighted by atomic mass is 32.2. The molecule has 1 N–H and O–H groups in total. The average Bonchev–Trinajstić information content (AvgIpc) is 2.54. The zero-order chi connectivity index (χ0) is 15.6. The van der Waals surface area contributed by atoms with Gasteiger partial charge >= 0.3 is 0 Å². The smallest absolute Gasteiger partial charge is 0.208 e. The van der Waals surface area contributed by atoms with E-state index >= 15 is 0 Å². The summed E-state index contributed by atoms with van der Waals surface area (Å²) >= 11 is 0. The van der Waals surface area contributed by atoms with E-state index in [0.29, 0.717) is 17.2 Å². The number of hydrogen-bond donors (Lipinski definition) is 1. The van der Waals surface area contributed by atoms with Gasteiger partial charge in [0.05, 0.1) is 4.91 Å². The Bertz CT molecular complexity index is 663. The maximum Gasteiger partial charge on any atom is 0.236 e. The van der Waals surface area contributed by atoms with Crippen molar-refractivity contribution in [3.05, 3.63) is 40.3 Å². The molecule has 3 rings (SSSR count). The van der Waals surface area contributed by atoms with Crippen LogP contribution in [0.2, 0.25) is 0 Å². The quantitative estimate of drug-likeness (QED) is 0.916. The van der Waals surface area contributed by atoms with Crippen molar-refractivity contribution in [1.29, 1.82) is 0 Å². The number of nitrogens with one attached hydrogen (secondary N) is 1. The predicted molar refractivity (Wildman–Crippen MR) is 90.8 cm³/mol. The van der Waals surface area contributed by atoms with E-state index in [1.54, 1.807) is 0 Å². The Morgan fingerprint density at radius 2 is 1.91 bits per heavy atom. The molecule has 1 fully saturated rings. The number of benzene rings is 1. The molecule has 0 bridgehead atoms. The van der Waals surface area contributed by atoms with Gasteiger partial charge < -0.3 is 0 Å². The van der Waals surface area contributed by atoms with E-state index in [2.05, 4.69) is 17.7 Å². The molecule has 0 aliphatic heterocycles. The molecule has 0 aromatic heterocycles. The zero-order valence-electron chi connectivity index (χ0n) is 13.2. The van der Waals surface area contributed by atoms with E-state index in [1.807, 2.05) is 24.3 Å². The van der Waals surface area contributed by atoms with Gasteiger partial charge in [0.15, 0.2) is 0 Å². The molecule has 4 heteroatoms. The van der Waals surface area contributed by atoms with Gasteiger partial charge in [0.2, 0.25) is 10.0 Å². The molecule has 2 atom stereocenters. The highest BCUT2D eigenvalue weighted by Crippen LogP contribution is 2.30. The molecule has 0 saturated heterocycles. The minimum Gasteiger partial charge on any atom is -0.208 e. The van der Waals surface area contributed by atoms with Gasteiger partial charge in [-0.15, -0.1) is 0 Å². The van der Waals surface area contributed by atoms with E-state index in [4.69, 9.17) is 0 Å². The van der Waals surface area contributed by atoms with Gasteiger partial charge in [-0.3, -0.25) is 0 Å². The molecule has 1 aromatic rings. The fourth-order valence-corrected chi connectivity index (χ4v) is 5.26. The summed E-state index contributed by atoms with van der Waals surface area (Å²) in [6.45, 7) is 2.16. The molecule has 0 spiro atoms. The maximum atomic E-state index is 12.7. The van der Waals surface area contributed by atoms with Crippen molar-refractivity contribution in [3.8, 4) is 0 Å². The Kier molecular flexibility index (Phi) is 4.69. The van der Waals surface area contributed by atoms with Crippen LogP contribution in [0.25, 0.3) is 6.08 Å². The van der Waals surface area contributed by atoms with Crippen molar-refractivity contribution in [2.24, 2.45) is 5.92 Å². The van der Waals surface area contributed by atoms with Crippen LogP contribution in [0.4, 0.5) is 0 Å². The summed E-state index contributed by atoms with van der Waals surface area (Å²) in [5, 5.41) is 0. The first kappa shape index (κ1) is 15.8. The van der Waals surface area contributed by atoms with Gasteiger partial charge in [-0.05, 0) is 48.8 Å². The van der Waals surface area contributed by atoms with Crippen molar-refractivity contribution in [1.82, 2.24) is 4.72 Å². The highest BCUT2D eigenvalue weighted by Gasteiger charge is 2.30. The lowest BCUT2D eigenvalue weighted by molar-refractivity contribution is 0.282. The van der Waals surface area contributed by atoms with Crippen LogP contribution in [0.1, 0.15) is 56.6 Å². The first-order valence-corrected chi connectivity index (χ1v) is 9.89. The fraction of sp³-hybridized carbons (Fsp3) is 0.556. The standard InChI is InChI=1S/C18H25NO2S/c1-2-14-7-5-6-10-18(14)19-22(20,21)17-12-11-15-8-3-4-9-16(15)13-17/h3-4,8-9,13-14,18-19H,2,5-7,10-12H2,1H3/t14-,18+/m0/s1. The van der Waals surface area contributed by atoms with Crippen molar-refractivity contribution in [2.45, 2.75) is 57.9 Å². The van der Waals surface area contributed by atoms with Crippen LogP contribution in [-0.4, -0.2) is 14.5 Å². The van der Waals surface area contributed by atoms with Crippen LogP contribution in [0.3, 0.4) is 0 Å². The molecule has 120 valence electrons. The Morgan fingerprint density at radius 1 is 1.14 bits per heavy atom. The van der Waals surface area contributed by atoms with Gasteiger partial charge in [0.25, 0.3) is 0 Å². The summed E-state index contributed by atoms with van der Waals surface area (Å²) in [7, 11) is -3.36. The lowest BCUT2D eigenvalue weighted by Gasteiger charge is -2.31. The average molecular weight is 319 g/mol. The number of rotatable bonds is 4. The Labute approximate surface area is 133 Å². The lowest BCUT2D eigenvalue weighted by atomic mass is 9.83. The molecule has 0 heterocycles. The number of hydrogen-bond acceptors (Lipinski definition) is 2. The molecule has 1 saturated carbocycles. The molecule has 3 nitrogen and oxygen atoms in total. The molecular weight excluding hydrogens is 294 g/mol. The molecule has 2 aliphatic carbocycles. The minimum atomic E-state index is -3.36. The second-order valence-corrected chi connectivity index (χ2v) is 8.26. The SMILES string of the molecule is CC[C@H]1CCCC[C@H]1NS(=O)(=O)C1=Cc2ccccc2CC1. The summed E-state index contributed by atoms with van der Waals surface area (Å²) < 4.78 is 28.5. The third-order valence-corrected chi connectivity index (χ3v) is 6.72. The second kappa shape index (κ2) is 6.55. The van der Waals surface area contributed by atoms with E-state index in [-0.39, 0.29) is 6.04 Å². The topological polar surface area (TPSA) is 46.2 Å². The lowest BCUT2D eigenvalue weighted by Crippen LogP contribution is -2.42. The third kappa shape index (κ3) is 3.28. The van der Waals surface area contributed by atoms with Gasteiger partial charge in [0.1, 0.15) is 0 Å². The fourth-order valence-electron chi connectivity index (χ4n) is 3.74. The van der Waals surface area contributed by atoms with Crippen molar-refractivity contribution >= 4 is 16.1 Å². The largest absolute Gasteiger partial charge is 0.236 e. The van der Waals surface area contributed by atoms with E-state index < -0.39 is 10.0 Å². The van der Waals surface area contributed by atoms with Crippen molar-refractivity contribution < 1.29 is 8.42 Å². The van der Waals surface area contributed by atoms with Gasteiger partial charge in [0, 0.05) is 6.04 Å². The molecule has 22 heavy (non-hydrogen) atoms. The Hall–Kier alpha value is -1.13. The third-order valence-electron chi connectivity index (χ3n) is 5.10. The van der Waals surface area contributed by atoms with Crippen molar-refractivity contribution in [3.63, 3.8) is 0 Å². The molecule has 0 radical (unpaired) electrons. The number of aryl methyl sites for hydroxylation is 1.